The first kappa shape index (κ1) is 18.5. The second kappa shape index (κ2) is 7.65. The molecule has 1 aromatic carbocycles. The molecule has 1 N–H and O–H groups in total. The van der Waals surface area contributed by atoms with Gasteiger partial charge < -0.3 is 5.32 Å². The van der Waals surface area contributed by atoms with Gasteiger partial charge in [-0.3, -0.25) is 0 Å². The highest BCUT2D eigenvalue weighted by atomic mass is 32.2. The van der Waals surface area contributed by atoms with Crippen molar-refractivity contribution in [3.05, 3.63) is 29.8 Å². The highest BCUT2D eigenvalue weighted by molar-refractivity contribution is 8.01. The van der Waals surface area contributed by atoms with Gasteiger partial charge in [0, 0.05) is 16.7 Å². The van der Waals surface area contributed by atoms with Crippen molar-refractivity contribution >= 4 is 21.6 Å². The van der Waals surface area contributed by atoms with E-state index in [4.69, 9.17) is 0 Å². The Morgan fingerprint density at radius 3 is 2.24 bits per heavy atom. The van der Waals surface area contributed by atoms with Crippen LogP contribution < -0.4 is 5.32 Å². The third-order valence-corrected chi connectivity index (χ3v) is 7.32. The zero-order chi connectivity index (χ0) is 16.1. The van der Waals surface area contributed by atoms with Gasteiger partial charge in [0.1, 0.15) is 0 Å². The quantitative estimate of drug-likeness (QED) is 0.776. The maximum Gasteiger partial charge on any atom is 0.156 e. The molecule has 120 valence electrons. The minimum absolute atomic E-state index is 0.219. The smallest absolute Gasteiger partial charge is 0.156 e. The first-order valence-electron chi connectivity index (χ1n) is 7.36. The molecule has 0 aliphatic heterocycles. The van der Waals surface area contributed by atoms with Crippen molar-refractivity contribution in [1.82, 2.24) is 5.32 Å². The molecule has 0 aliphatic carbocycles. The molecule has 0 aromatic heterocycles. The molecule has 0 fully saturated rings. The Morgan fingerprint density at radius 1 is 1.19 bits per heavy atom. The molecule has 1 unspecified atom stereocenters. The van der Waals surface area contributed by atoms with E-state index in [0.29, 0.717) is 11.8 Å². The molecule has 0 saturated heterocycles. The van der Waals surface area contributed by atoms with Crippen LogP contribution in [0.2, 0.25) is 0 Å². The van der Waals surface area contributed by atoms with Crippen molar-refractivity contribution in [2.24, 2.45) is 0 Å². The number of hydrogen-bond acceptors (Lipinski definition) is 4. The maximum atomic E-state index is 12.0. The zero-order valence-electron chi connectivity index (χ0n) is 13.6. The molecular formula is C16H27NO2S2. The SMILES string of the molecule is CCNC(C)c1ccc(SCCS(=O)(=O)C(C)(C)C)cc1. The van der Waals surface area contributed by atoms with E-state index in [9.17, 15) is 8.42 Å². The molecular weight excluding hydrogens is 302 g/mol. The van der Waals surface area contributed by atoms with E-state index in [1.807, 2.05) is 0 Å². The molecule has 1 atom stereocenters. The van der Waals surface area contributed by atoms with E-state index in [-0.39, 0.29) is 5.75 Å². The van der Waals surface area contributed by atoms with Crippen LogP contribution in [-0.2, 0) is 9.84 Å². The summed E-state index contributed by atoms with van der Waals surface area (Å²) in [6.45, 7) is 10.4. The van der Waals surface area contributed by atoms with Crippen LogP contribution in [0.3, 0.4) is 0 Å². The number of rotatable bonds is 7. The van der Waals surface area contributed by atoms with Crippen LogP contribution in [0.4, 0.5) is 0 Å². The monoisotopic (exact) mass is 329 g/mol. The van der Waals surface area contributed by atoms with Crippen LogP contribution in [0, 0.1) is 0 Å². The molecule has 1 aromatic rings. The summed E-state index contributed by atoms with van der Waals surface area (Å²) in [5.41, 5.74) is 1.25. The molecule has 0 heterocycles. The molecule has 0 bridgehead atoms. The number of sulfone groups is 1. The third-order valence-electron chi connectivity index (χ3n) is 3.44. The average molecular weight is 330 g/mol. The van der Waals surface area contributed by atoms with E-state index in [0.717, 1.165) is 11.4 Å². The summed E-state index contributed by atoms with van der Waals surface area (Å²) < 4.78 is 23.4. The lowest BCUT2D eigenvalue weighted by atomic mass is 10.1. The van der Waals surface area contributed by atoms with Crippen molar-refractivity contribution in [1.29, 1.82) is 0 Å². The Kier molecular flexibility index (Phi) is 6.75. The topological polar surface area (TPSA) is 46.2 Å². The normalized spacial score (nSPS) is 14.1. The number of thioether (sulfide) groups is 1. The van der Waals surface area contributed by atoms with E-state index in [2.05, 4.69) is 43.4 Å². The lowest BCUT2D eigenvalue weighted by molar-refractivity contribution is 0.562. The Bertz CT molecular complexity index is 530. The van der Waals surface area contributed by atoms with Gasteiger partial charge in [0.15, 0.2) is 9.84 Å². The van der Waals surface area contributed by atoms with E-state index in [1.165, 1.54) is 5.56 Å². The second-order valence-electron chi connectivity index (χ2n) is 6.13. The van der Waals surface area contributed by atoms with Crippen LogP contribution in [0.5, 0.6) is 0 Å². The standard InChI is InChI=1S/C16H27NO2S2/c1-6-17-13(2)14-7-9-15(10-8-14)20-11-12-21(18,19)16(3,4)5/h7-10,13,17H,6,11-12H2,1-5H3. The first-order chi connectivity index (χ1) is 9.67. The van der Waals surface area contributed by atoms with Crippen molar-refractivity contribution in [3.63, 3.8) is 0 Å². The van der Waals surface area contributed by atoms with E-state index >= 15 is 0 Å². The fraction of sp³-hybridized carbons (Fsp3) is 0.625. The highest BCUT2D eigenvalue weighted by Crippen LogP contribution is 2.23. The summed E-state index contributed by atoms with van der Waals surface area (Å²) in [5, 5.41) is 3.37. The Labute approximate surface area is 133 Å². The molecule has 5 heteroatoms. The summed E-state index contributed by atoms with van der Waals surface area (Å²) in [5.74, 6) is 0.818. The summed E-state index contributed by atoms with van der Waals surface area (Å²) in [6.07, 6.45) is 0. The van der Waals surface area contributed by atoms with Crippen LogP contribution in [-0.4, -0.2) is 31.2 Å². The predicted molar refractivity (Wildman–Crippen MR) is 92.8 cm³/mol. The molecule has 0 amide bonds. The molecule has 0 radical (unpaired) electrons. The second-order valence-corrected chi connectivity index (χ2v) is 10.2. The molecule has 1 rings (SSSR count). The first-order valence-corrected chi connectivity index (χ1v) is 9.99. The highest BCUT2D eigenvalue weighted by Gasteiger charge is 2.28. The minimum atomic E-state index is -3.03. The molecule has 0 aliphatic rings. The number of benzene rings is 1. The zero-order valence-corrected chi connectivity index (χ0v) is 15.3. The van der Waals surface area contributed by atoms with Gasteiger partial charge in [-0.15, -0.1) is 11.8 Å². The largest absolute Gasteiger partial charge is 0.310 e. The number of nitrogens with one attached hydrogen (secondary N) is 1. The van der Waals surface area contributed by atoms with E-state index < -0.39 is 14.6 Å². The van der Waals surface area contributed by atoms with Crippen LogP contribution in [0.25, 0.3) is 0 Å². The summed E-state index contributed by atoms with van der Waals surface area (Å²) in [7, 11) is -3.03. The fourth-order valence-corrected chi connectivity index (χ4v) is 4.24. The van der Waals surface area contributed by atoms with Gasteiger partial charge in [-0.05, 0) is 51.9 Å². The Morgan fingerprint density at radius 2 is 1.76 bits per heavy atom. The van der Waals surface area contributed by atoms with Gasteiger partial charge in [-0.2, -0.15) is 0 Å². The van der Waals surface area contributed by atoms with Crippen LogP contribution in [0.1, 0.15) is 46.2 Å². The summed E-state index contributed by atoms with van der Waals surface area (Å²) in [6, 6.07) is 8.69. The summed E-state index contributed by atoms with van der Waals surface area (Å²) >= 11 is 1.60. The minimum Gasteiger partial charge on any atom is -0.310 e. The van der Waals surface area contributed by atoms with Crippen molar-refractivity contribution < 1.29 is 8.42 Å². The lowest BCUT2D eigenvalue weighted by Crippen LogP contribution is -2.31. The van der Waals surface area contributed by atoms with Crippen molar-refractivity contribution in [2.45, 2.75) is 50.3 Å². The lowest BCUT2D eigenvalue weighted by Gasteiger charge is -2.18. The van der Waals surface area contributed by atoms with Crippen molar-refractivity contribution in [3.8, 4) is 0 Å². The molecule has 0 saturated carbocycles. The van der Waals surface area contributed by atoms with Crippen molar-refractivity contribution in [2.75, 3.05) is 18.1 Å². The predicted octanol–water partition coefficient (Wildman–Crippen LogP) is 3.66. The fourth-order valence-electron chi connectivity index (χ4n) is 1.85. The Hall–Kier alpha value is -0.520. The van der Waals surface area contributed by atoms with Crippen LogP contribution in [0.15, 0.2) is 29.2 Å². The maximum absolute atomic E-state index is 12.0. The van der Waals surface area contributed by atoms with Crippen LogP contribution >= 0.6 is 11.8 Å². The van der Waals surface area contributed by atoms with E-state index in [1.54, 1.807) is 32.5 Å². The summed E-state index contributed by atoms with van der Waals surface area (Å²) in [4.78, 5) is 1.12. The molecule has 21 heavy (non-hydrogen) atoms. The van der Waals surface area contributed by atoms with Gasteiger partial charge in [0.2, 0.25) is 0 Å². The van der Waals surface area contributed by atoms with Gasteiger partial charge in [0.25, 0.3) is 0 Å². The van der Waals surface area contributed by atoms with Gasteiger partial charge in [-0.25, -0.2) is 8.42 Å². The number of hydrogen-bond donors (Lipinski definition) is 1. The van der Waals surface area contributed by atoms with Gasteiger partial charge in [-0.1, -0.05) is 19.1 Å². The molecule has 3 nitrogen and oxygen atoms in total. The molecule has 0 spiro atoms. The third kappa shape index (κ3) is 5.64. The van der Waals surface area contributed by atoms with Gasteiger partial charge in [0.05, 0.1) is 10.5 Å². The van der Waals surface area contributed by atoms with Gasteiger partial charge >= 0.3 is 0 Å². The average Bonchev–Trinajstić information content (AvgIpc) is 2.38. The Balaban J connectivity index is 2.54.